The standard InChI is InChI=1S/C12H12BrNO3/c1-8-7-17-12(16)14(8)11(15)6-9-3-2-4-10(13)5-9/h2-5,8H,6-7H2,1H3/t8-/m0/s1. The lowest BCUT2D eigenvalue weighted by Crippen LogP contribution is -2.38. The highest BCUT2D eigenvalue weighted by Gasteiger charge is 2.34. The third-order valence-corrected chi connectivity index (χ3v) is 3.09. The fourth-order valence-electron chi connectivity index (χ4n) is 1.77. The summed E-state index contributed by atoms with van der Waals surface area (Å²) in [6.45, 7) is 2.08. The monoisotopic (exact) mass is 297 g/mol. The van der Waals surface area contributed by atoms with Crippen LogP contribution in [-0.2, 0) is 16.0 Å². The Hall–Kier alpha value is -1.36. The Labute approximate surface area is 108 Å². The zero-order valence-corrected chi connectivity index (χ0v) is 10.9. The lowest BCUT2D eigenvalue weighted by Gasteiger charge is -2.15. The van der Waals surface area contributed by atoms with Gasteiger partial charge in [0, 0.05) is 4.47 Å². The minimum absolute atomic E-state index is 0.179. The molecule has 0 aliphatic carbocycles. The first-order valence-corrected chi connectivity index (χ1v) is 6.10. The number of ether oxygens (including phenoxy) is 1. The van der Waals surface area contributed by atoms with Crippen LogP contribution in [0.2, 0.25) is 0 Å². The van der Waals surface area contributed by atoms with Gasteiger partial charge in [0.15, 0.2) is 0 Å². The summed E-state index contributed by atoms with van der Waals surface area (Å²) < 4.78 is 5.73. The van der Waals surface area contributed by atoms with Gasteiger partial charge in [-0.1, -0.05) is 28.1 Å². The molecule has 0 bridgehead atoms. The SMILES string of the molecule is C[C@H]1COC(=O)N1C(=O)Cc1cccc(Br)c1. The molecule has 1 heterocycles. The number of rotatable bonds is 2. The molecule has 2 rings (SSSR count). The zero-order chi connectivity index (χ0) is 12.4. The number of cyclic esters (lactones) is 1. The predicted molar refractivity (Wildman–Crippen MR) is 65.5 cm³/mol. The molecule has 1 aromatic rings. The Morgan fingerprint density at radius 1 is 1.59 bits per heavy atom. The number of amides is 2. The largest absolute Gasteiger partial charge is 0.447 e. The Morgan fingerprint density at radius 3 is 2.94 bits per heavy atom. The molecule has 0 saturated carbocycles. The maximum atomic E-state index is 12.0. The second-order valence-corrected chi connectivity index (χ2v) is 4.91. The van der Waals surface area contributed by atoms with E-state index >= 15 is 0 Å². The minimum Gasteiger partial charge on any atom is -0.447 e. The predicted octanol–water partition coefficient (Wildman–Crippen LogP) is 2.36. The molecule has 1 aromatic carbocycles. The highest BCUT2D eigenvalue weighted by atomic mass is 79.9. The smallest absolute Gasteiger partial charge is 0.416 e. The minimum atomic E-state index is -0.544. The van der Waals surface area contributed by atoms with E-state index in [1.165, 1.54) is 4.90 Å². The number of nitrogens with zero attached hydrogens (tertiary/aromatic N) is 1. The van der Waals surface area contributed by atoms with Crippen LogP contribution in [0.5, 0.6) is 0 Å². The third-order valence-electron chi connectivity index (χ3n) is 2.60. The number of carbonyl (C=O) groups excluding carboxylic acids is 2. The van der Waals surface area contributed by atoms with Gasteiger partial charge in [-0.25, -0.2) is 9.69 Å². The average molecular weight is 298 g/mol. The van der Waals surface area contributed by atoms with E-state index in [2.05, 4.69) is 15.9 Å². The van der Waals surface area contributed by atoms with Crippen LogP contribution in [0.4, 0.5) is 4.79 Å². The first kappa shape index (κ1) is 12.1. The number of imide groups is 1. The van der Waals surface area contributed by atoms with Crippen molar-refractivity contribution in [3.8, 4) is 0 Å². The molecule has 0 unspecified atom stereocenters. The van der Waals surface area contributed by atoms with Crippen LogP contribution in [0.25, 0.3) is 0 Å². The van der Waals surface area contributed by atoms with Crippen molar-refractivity contribution in [3.63, 3.8) is 0 Å². The molecular formula is C12H12BrNO3. The van der Waals surface area contributed by atoms with Crippen molar-refractivity contribution >= 4 is 27.9 Å². The Morgan fingerprint density at radius 2 is 2.35 bits per heavy atom. The third kappa shape index (κ3) is 2.66. The second kappa shape index (κ2) is 4.87. The van der Waals surface area contributed by atoms with E-state index in [-0.39, 0.29) is 25.0 Å². The van der Waals surface area contributed by atoms with Crippen molar-refractivity contribution in [3.05, 3.63) is 34.3 Å². The number of hydrogen-bond acceptors (Lipinski definition) is 3. The number of halogens is 1. The molecule has 0 spiro atoms. The van der Waals surface area contributed by atoms with Gasteiger partial charge in [0.25, 0.3) is 0 Å². The van der Waals surface area contributed by atoms with E-state index in [0.29, 0.717) is 0 Å². The molecule has 1 saturated heterocycles. The molecule has 1 atom stereocenters. The molecule has 1 aliphatic rings. The van der Waals surface area contributed by atoms with Crippen molar-refractivity contribution < 1.29 is 14.3 Å². The second-order valence-electron chi connectivity index (χ2n) is 4.00. The van der Waals surface area contributed by atoms with E-state index in [1.54, 1.807) is 6.92 Å². The summed E-state index contributed by atoms with van der Waals surface area (Å²) in [6, 6.07) is 7.29. The van der Waals surface area contributed by atoms with Crippen LogP contribution in [0.1, 0.15) is 12.5 Å². The number of carbonyl (C=O) groups is 2. The highest BCUT2D eigenvalue weighted by Crippen LogP contribution is 2.16. The lowest BCUT2D eigenvalue weighted by molar-refractivity contribution is -0.128. The lowest BCUT2D eigenvalue weighted by atomic mass is 10.1. The van der Waals surface area contributed by atoms with E-state index < -0.39 is 6.09 Å². The molecule has 1 fully saturated rings. The number of hydrogen-bond donors (Lipinski definition) is 0. The summed E-state index contributed by atoms with van der Waals surface area (Å²) in [5.74, 6) is -0.224. The van der Waals surface area contributed by atoms with Gasteiger partial charge in [-0.2, -0.15) is 0 Å². The van der Waals surface area contributed by atoms with Gasteiger partial charge in [-0.3, -0.25) is 4.79 Å². The van der Waals surface area contributed by atoms with Crippen molar-refractivity contribution in [1.82, 2.24) is 4.90 Å². The van der Waals surface area contributed by atoms with E-state index in [1.807, 2.05) is 24.3 Å². The van der Waals surface area contributed by atoms with Crippen LogP contribution in [0, 0.1) is 0 Å². The molecule has 0 aromatic heterocycles. The summed E-state index contributed by atoms with van der Waals surface area (Å²) in [4.78, 5) is 24.5. The van der Waals surface area contributed by atoms with Gasteiger partial charge in [-0.05, 0) is 24.6 Å². The number of benzene rings is 1. The van der Waals surface area contributed by atoms with Crippen molar-refractivity contribution in [2.24, 2.45) is 0 Å². The first-order chi connectivity index (χ1) is 8.08. The molecule has 17 heavy (non-hydrogen) atoms. The van der Waals surface area contributed by atoms with Gasteiger partial charge >= 0.3 is 6.09 Å². The Balaban J connectivity index is 2.09. The maximum absolute atomic E-state index is 12.0. The summed E-state index contributed by atoms with van der Waals surface area (Å²) in [5.41, 5.74) is 0.872. The van der Waals surface area contributed by atoms with E-state index in [4.69, 9.17) is 4.74 Å². The fraction of sp³-hybridized carbons (Fsp3) is 0.333. The molecule has 0 radical (unpaired) electrons. The summed E-state index contributed by atoms with van der Waals surface area (Å²) in [6.07, 6.45) is -0.337. The fourth-order valence-corrected chi connectivity index (χ4v) is 2.22. The molecular weight excluding hydrogens is 286 g/mol. The molecule has 5 heteroatoms. The summed E-state index contributed by atoms with van der Waals surface area (Å²) in [5, 5.41) is 0. The van der Waals surface area contributed by atoms with Crippen LogP contribution in [-0.4, -0.2) is 29.5 Å². The molecule has 90 valence electrons. The normalized spacial score (nSPS) is 19.3. The van der Waals surface area contributed by atoms with Gasteiger partial charge in [0.05, 0.1) is 12.5 Å². The van der Waals surface area contributed by atoms with Gasteiger partial charge in [-0.15, -0.1) is 0 Å². The maximum Gasteiger partial charge on any atom is 0.416 e. The van der Waals surface area contributed by atoms with Gasteiger partial charge in [0.2, 0.25) is 5.91 Å². The summed E-state index contributed by atoms with van der Waals surface area (Å²) >= 11 is 3.34. The quantitative estimate of drug-likeness (QED) is 0.842. The zero-order valence-electron chi connectivity index (χ0n) is 9.35. The van der Waals surface area contributed by atoms with Crippen LogP contribution in [0.3, 0.4) is 0 Å². The molecule has 1 aliphatic heterocycles. The van der Waals surface area contributed by atoms with Crippen LogP contribution in [0.15, 0.2) is 28.7 Å². The van der Waals surface area contributed by atoms with E-state index in [0.717, 1.165) is 10.0 Å². The first-order valence-electron chi connectivity index (χ1n) is 5.31. The van der Waals surface area contributed by atoms with Crippen LogP contribution >= 0.6 is 15.9 Å². The van der Waals surface area contributed by atoms with E-state index in [9.17, 15) is 9.59 Å². The summed E-state index contributed by atoms with van der Waals surface area (Å²) in [7, 11) is 0. The Kier molecular flexibility index (Phi) is 3.47. The van der Waals surface area contributed by atoms with Crippen molar-refractivity contribution in [1.29, 1.82) is 0 Å². The van der Waals surface area contributed by atoms with Crippen molar-refractivity contribution in [2.45, 2.75) is 19.4 Å². The van der Waals surface area contributed by atoms with Gasteiger partial charge in [0.1, 0.15) is 6.61 Å². The topological polar surface area (TPSA) is 46.6 Å². The van der Waals surface area contributed by atoms with Gasteiger partial charge < -0.3 is 4.74 Å². The molecule has 0 N–H and O–H groups in total. The molecule has 4 nitrogen and oxygen atoms in total. The van der Waals surface area contributed by atoms with Crippen molar-refractivity contribution in [2.75, 3.05) is 6.61 Å². The Bertz CT molecular complexity index is 461. The average Bonchev–Trinajstić information content (AvgIpc) is 2.58. The highest BCUT2D eigenvalue weighted by molar-refractivity contribution is 9.10. The molecule has 2 amide bonds. The van der Waals surface area contributed by atoms with Crippen LogP contribution < -0.4 is 0 Å².